The molecule has 6 nitrogen and oxygen atoms in total. The van der Waals surface area contributed by atoms with E-state index in [2.05, 4.69) is 9.71 Å². The number of thiazole rings is 1. The van der Waals surface area contributed by atoms with Gasteiger partial charge in [0.15, 0.2) is 5.13 Å². The zero-order chi connectivity index (χ0) is 15.6. The third-order valence-electron chi connectivity index (χ3n) is 2.91. The highest BCUT2D eigenvalue weighted by molar-refractivity contribution is 7.93. The Bertz CT molecular complexity index is 734. The molecule has 0 saturated carbocycles. The number of hydrogen-bond donors (Lipinski definition) is 1. The summed E-state index contributed by atoms with van der Waals surface area (Å²) in [6.45, 7) is 3.71. The lowest BCUT2D eigenvalue weighted by Gasteiger charge is -2.11. The van der Waals surface area contributed by atoms with E-state index in [4.69, 9.17) is 9.47 Å². The first-order chi connectivity index (χ1) is 9.87. The van der Waals surface area contributed by atoms with Crippen LogP contribution in [0.4, 0.5) is 5.13 Å². The number of ether oxygens (including phenoxy) is 2. The van der Waals surface area contributed by atoms with Gasteiger partial charge in [-0.05, 0) is 26.0 Å². The first-order valence-corrected chi connectivity index (χ1v) is 8.36. The topological polar surface area (TPSA) is 77.5 Å². The summed E-state index contributed by atoms with van der Waals surface area (Å²) < 4.78 is 37.6. The molecule has 2 rings (SSSR count). The number of benzene rings is 1. The largest absolute Gasteiger partial charge is 0.497 e. The number of hydrogen-bond acceptors (Lipinski definition) is 6. The van der Waals surface area contributed by atoms with Crippen molar-refractivity contribution in [3.05, 3.63) is 28.8 Å². The molecule has 21 heavy (non-hydrogen) atoms. The number of aromatic nitrogens is 1. The van der Waals surface area contributed by atoms with Crippen LogP contribution in [0.2, 0.25) is 0 Å². The second-order valence-corrected chi connectivity index (χ2v) is 7.14. The summed E-state index contributed by atoms with van der Waals surface area (Å²) in [4.78, 5) is 5.15. The van der Waals surface area contributed by atoms with E-state index in [0.29, 0.717) is 10.9 Å². The number of aryl methyl sites for hydroxylation is 2. The van der Waals surface area contributed by atoms with E-state index in [9.17, 15) is 8.42 Å². The van der Waals surface area contributed by atoms with Crippen molar-refractivity contribution in [2.75, 3.05) is 18.9 Å². The Labute approximate surface area is 127 Å². The quantitative estimate of drug-likeness (QED) is 0.913. The van der Waals surface area contributed by atoms with E-state index in [1.165, 1.54) is 31.6 Å². The predicted octanol–water partition coefficient (Wildman–Crippen LogP) is 2.58. The van der Waals surface area contributed by atoms with Gasteiger partial charge in [0.1, 0.15) is 16.4 Å². The summed E-state index contributed by atoms with van der Waals surface area (Å²) in [6.07, 6.45) is 0. The molecular weight excluding hydrogens is 312 g/mol. The van der Waals surface area contributed by atoms with Crippen LogP contribution in [0, 0.1) is 13.8 Å². The monoisotopic (exact) mass is 328 g/mol. The minimum atomic E-state index is -3.80. The van der Waals surface area contributed by atoms with Crippen molar-refractivity contribution in [1.29, 1.82) is 0 Å². The van der Waals surface area contributed by atoms with Gasteiger partial charge in [-0.25, -0.2) is 13.4 Å². The number of sulfonamides is 1. The second kappa shape index (κ2) is 5.90. The zero-order valence-electron chi connectivity index (χ0n) is 12.1. The van der Waals surface area contributed by atoms with Gasteiger partial charge in [-0.1, -0.05) is 0 Å². The van der Waals surface area contributed by atoms with E-state index >= 15 is 0 Å². The fraction of sp³-hybridized carbons (Fsp3) is 0.308. The lowest BCUT2D eigenvalue weighted by molar-refractivity contribution is 0.392. The highest BCUT2D eigenvalue weighted by Gasteiger charge is 2.22. The van der Waals surface area contributed by atoms with Crippen LogP contribution in [-0.4, -0.2) is 27.6 Å². The molecule has 0 saturated heterocycles. The van der Waals surface area contributed by atoms with Gasteiger partial charge in [-0.3, -0.25) is 4.72 Å². The third kappa shape index (κ3) is 3.27. The van der Waals surface area contributed by atoms with Crippen LogP contribution in [0.1, 0.15) is 10.6 Å². The molecule has 1 aromatic carbocycles. The van der Waals surface area contributed by atoms with E-state index in [1.807, 2.05) is 13.8 Å². The molecule has 1 N–H and O–H groups in total. The molecule has 1 heterocycles. The van der Waals surface area contributed by atoms with Gasteiger partial charge in [-0.2, -0.15) is 0 Å². The Hall–Kier alpha value is -1.80. The lowest BCUT2D eigenvalue weighted by atomic mass is 10.3. The van der Waals surface area contributed by atoms with Crippen molar-refractivity contribution in [1.82, 2.24) is 4.98 Å². The average Bonchev–Trinajstić information content (AvgIpc) is 2.75. The van der Waals surface area contributed by atoms with Gasteiger partial charge in [0.05, 0.1) is 19.9 Å². The summed E-state index contributed by atoms with van der Waals surface area (Å²) in [7, 11) is -0.913. The van der Waals surface area contributed by atoms with Crippen LogP contribution in [-0.2, 0) is 10.0 Å². The van der Waals surface area contributed by atoms with E-state index < -0.39 is 10.0 Å². The molecule has 0 fully saturated rings. The standard InChI is InChI=1S/C13H16N2O4S2/c1-8-9(2)20-13(14-8)15-21(16,17)12-7-10(18-3)5-6-11(12)19-4/h5-7H,1-4H3,(H,14,15). The van der Waals surface area contributed by atoms with Crippen LogP contribution in [0.5, 0.6) is 11.5 Å². The maximum absolute atomic E-state index is 12.5. The van der Waals surface area contributed by atoms with Crippen LogP contribution in [0.25, 0.3) is 0 Å². The number of anilines is 1. The summed E-state index contributed by atoms with van der Waals surface area (Å²) in [5, 5.41) is 0.329. The molecule has 0 aliphatic heterocycles. The van der Waals surface area contributed by atoms with Gasteiger partial charge in [0.25, 0.3) is 10.0 Å². The first-order valence-electron chi connectivity index (χ1n) is 6.06. The van der Waals surface area contributed by atoms with Gasteiger partial charge >= 0.3 is 0 Å². The normalized spacial score (nSPS) is 11.2. The molecule has 2 aromatic rings. The molecule has 0 radical (unpaired) electrons. The molecule has 0 aliphatic carbocycles. The van der Waals surface area contributed by atoms with Gasteiger partial charge in [-0.15, -0.1) is 11.3 Å². The van der Waals surface area contributed by atoms with Crippen molar-refractivity contribution >= 4 is 26.5 Å². The Morgan fingerprint density at radius 3 is 2.43 bits per heavy atom. The molecule has 0 amide bonds. The van der Waals surface area contributed by atoms with Gasteiger partial charge < -0.3 is 9.47 Å². The summed E-state index contributed by atoms with van der Waals surface area (Å²) >= 11 is 1.29. The second-order valence-electron chi connectivity index (χ2n) is 4.28. The third-order valence-corrected chi connectivity index (χ3v) is 5.39. The zero-order valence-corrected chi connectivity index (χ0v) is 13.8. The van der Waals surface area contributed by atoms with E-state index in [-0.39, 0.29) is 10.6 Å². The average molecular weight is 328 g/mol. The SMILES string of the molecule is COc1ccc(OC)c(S(=O)(=O)Nc2nc(C)c(C)s2)c1. The van der Waals surface area contributed by atoms with Crippen LogP contribution in [0.3, 0.4) is 0 Å². The Morgan fingerprint density at radius 2 is 1.90 bits per heavy atom. The Balaban J connectivity index is 2.43. The van der Waals surface area contributed by atoms with Crippen LogP contribution >= 0.6 is 11.3 Å². The molecule has 114 valence electrons. The summed E-state index contributed by atoms with van der Waals surface area (Å²) in [6, 6.07) is 4.59. The highest BCUT2D eigenvalue weighted by Crippen LogP contribution is 2.31. The molecule has 8 heteroatoms. The number of rotatable bonds is 5. The predicted molar refractivity (Wildman–Crippen MR) is 81.9 cm³/mol. The number of methoxy groups -OCH3 is 2. The molecule has 0 aliphatic rings. The summed E-state index contributed by atoms with van der Waals surface area (Å²) in [5.74, 6) is 0.677. The fourth-order valence-corrected chi connectivity index (χ4v) is 3.92. The van der Waals surface area contributed by atoms with Crippen molar-refractivity contribution < 1.29 is 17.9 Å². The molecule has 0 spiro atoms. The molecule has 0 bridgehead atoms. The van der Waals surface area contributed by atoms with Crippen molar-refractivity contribution in [2.24, 2.45) is 0 Å². The molecule has 1 aromatic heterocycles. The molecular formula is C13H16N2O4S2. The smallest absolute Gasteiger partial charge is 0.267 e. The minimum Gasteiger partial charge on any atom is -0.497 e. The maximum atomic E-state index is 12.5. The lowest BCUT2D eigenvalue weighted by Crippen LogP contribution is -2.14. The molecule has 0 atom stereocenters. The Morgan fingerprint density at radius 1 is 1.19 bits per heavy atom. The Kier molecular flexibility index (Phi) is 4.38. The van der Waals surface area contributed by atoms with Crippen LogP contribution in [0.15, 0.2) is 23.1 Å². The minimum absolute atomic E-state index is 0.00913. The fourth-order valence-electron chi connectivity index (χ4n) is 1.68. The van der Waals surface area contributed by atoms with E-state index in [0.717, 1.165) is 10.6 Å². The maximum Gasteiger partial charge on any atom is 0.267 e. The summed E-state index contributed by atoms with van der Waals surface area (Å²) in [5.41, 5.74) is 0.801. The first kappa shape index (κ1) is 15.6. The van der Waals surface area contributed by atoms with Gasteiger partial charge in [0.2, 0.25) is 0 Å². The van der Waals surface area contributed by atoms with Crippen molar-refractivity contribution in [2.45, 2.75) is 18.7 Å². The number of nitrogens with zero attached hydrogens (tertiary/aromatic N) is 1. The van der Waals surface area contributed by atoms with Crippen molar-refractivity contribution in [3.8, 4) is 11.5 Å². The highest BCUT2D eigenvalue weighted by atomic mass is 32.2. The van der Waals surface area contributed by atoms with Crippen LogP contribution < -0.4 is 14.2 Å². The van der Waals surface area contributed by atoms with Crippen molar-refractivity contribution in [3.63, 3.8) is 0 Å². The number of nitrogens with one attached hydrogen (secondary N) is 1. The van der Waals surface area contributed by atoms with E-state index in [1.54, 1.807) is 12.1 Å². The molecule has 0 unspecified atom stereocenters. The van der Waals surface area contributed by atoms with Gasteiger partial charge in [0, 0.05) is 10.9 Å².